The topological polar surface area (TPSA) is 80.1 Å². The first-order valence-corrected chi connectivity index (χ1v) is 8.66. The molecule has 1 aliphatic rings. The third-order valence-corrected chi connectivity index (χ3v) is 4.61. The maximum Gasteiger partial charge on any atom is 0.227 e. The molecule has 2 heterocycles. The summed E-state index contributed by atoms with van der Waals surface area (Å²) in [5.74, 6) is 0.247. The van der Waals surface area contributed by atoms with Gasteiger partial charge in [-0.05, 0) is 31.0 Å². The van der Waals surface area contributed by atoms with Crippen LogP contribution in [0.25, 0.3) is 0 Å². The summed E-state index contributed by atoms with van der Waals surface area (Å²) in [7, 11) is 0. The Bertz CT molecular complexity index is 753. The molecule has 1 N–H and O–H groups in total. The number of aromatic nitrogens is 3. The van der Waals surface area contributed by atoms with Gasteiger partial charge in [-0.1, -0.05) is 19.1 Å². The zero-order valence-electron chi connectivity index (χ0n) is 14.6. The number of carbonyl (C=O) groups is 2. The van der Waals surface area contributed by atoms with E-state index in [0.29, 0.717) is 18.9 Å². The van der Waals surface area contributed by atoms with Gasteiger partial charge in [-0.2, -0.15) is 0 Å². The Labute approximate surface area is 147 Å². The summed E-state index contributed by atoms with van der Waals surface area (Å²) in [6, 6.07) is 7.93. The van der Waals surface area contributed by atoms with Crippen molar-refractivity contribution in [3.05, 3.63) is 42.0 Å². The number of benzene rings is 1. The molecular weight excluding hydrogens is 318 g/mol. The molecule has 1 aromatic heterocycles. The molecule has 0 radical (unpaired) electrons. The molecule has 3 rings (SSSR count). The zero-order valence-corrected chi connectivity index (χ0v) is 14.6. The van der Waals surface area contributed by atoms with Crippen molar-refractivity contribution in [3.8, 4) is 0 Å². The molecule has 132 valence electrons. The predicted octanol–water partition coefficient (Wildman–Crippen LogP) is 1.53. The van der Waals surface area contributed by atoms with E-state index in [1.165, 1.54) is 5.56 Å². The van der Waals surface area contributed by atoms with Crippen LogP contribution in [0.1, 0.15) is 31.7 Å². The fraction of sp³-hybridized carbons (Fsp3) is 0.444. The van der Waals surface area contributed by atoms with E-state index < -0.39 is 0 Å². The zero-order chi connectivity index (χ0) is 17.8. The number of carbonyl (C=O) groups excluding carboxylic acids is 2. The summed E-state index contributed by atoms with van der Waals surface area (Å²) in [5.41, 5.74) is 2.08. The summed E-state index contributed by atoms with van der Waals surface area (Å²) in [6.07, 6.45) is 2.84. The Morgan fingerprint density at radius 1 is 1.28 bits per heavy atom. The molecule has 0 saturated carbocycles. The highest BCUT2D eigenvalue weighted by molar-refractivity contribution is 6.00. The van der Waals surface area contributed by atoms with Crippen molar-refractivity contribution in [1.82, 2.24) is 20.1 Å². The lowest BCUT2D eigenvalue weighted by molar-refractivity contribution is -0.126. The Balaban J connectivity index is 1.60. The van der Waals surface area contributed by atoms with E-state index in [1.807, 2.05) is 35.8 Å². The third kappa shape index (κ3) is 3.70. The van der Waals surface area contributed by atoms with Gasteiger partial charge in [-0.25, -0.2) is 0 Å². The minimum absolute atomic E-state index is 0.0128. The van der Waals surface area contributed by atoms with Gasteiger partial charge in [0.15, 0.2) is 5.82 Å². The van der Waals surface area contributed by atoms with Crippen LogP contribution in [0, 0.1) is 5.92 Å². The van der Waals surface area contributed by atoms with Crippen LogP contribution in [-0.2, 0) is 29.1 Å². The minimum atomic E-state index is -0.337. The Morgan fingerprint density at radius 3 is 2.72 bits per heavy atom. The van der Waals surface area contributed by atoms with E-state index in [0.717, 1.165) is 18.7 Å². The number of hydrogen-bond acceptors (Lipinski definition) is 4. The van der Waals surface area contributed by atoms with Crippen LogP contribution in [0.2, 0.25) is 0 Å². The number of amides is 2. The standard InChI is InChI=1S/C18H23N5O2/c1-3-13-5-7-15(8-6-13)23-11-14(9-17(23)24)18(25)19-10-16-21-20-12-22(16)4-2/h5-8,12,14H,3-4,9-11H2,1-2H3,(H,19,25)/t14-/m0/s1. The second kappa shape index (κ2) is 7.46. The molecule has 1 saturated heterocycles. The van der Waals surface area contributed by atoms with Gasteiger partial charge in [-0.15, -0.1) is 10.2 Å². The molecule has 7 nitrogen and oxygen atoms in total. The number of anilines is 1. The van der Waals surface area contributed by atoms with E-state index in [-0.39, 0.29) is 24.2 Å². The predicted molar refractivity (Wildman–Crippen MR) is 93.8 cm³/mol. The maximum absolute atomic E-state index is 12.4. The van der Waals surface area contributed by atoms with Gasteiger partial charge >= 0.3 is 0 Å². The molecule has 25 heavy (non-hydrogen) atoms. The van der Waals surface area contributed by atoms with Crippen molar-refractivity contribution >= 4 is 17.5 Å². The molecule has 0 bridgehead atoms. The van der Waals surface area contributed by atoms with E-state index >= 15 is 0 Å². The highest BCUT2D eigenvalue weighted by atomic mass is 16.2. The van der Waals surface area contributed by atoms with Gasteiger partial charge in [0.25, 0.3) is 0 Å². The summed E-state index contributed by atoms with van der Waals surface area (Å²) < 4.78 is 1.88. The lowest BCUT2D eigenvalue weighted by Crippen LogP contribution is -2.33. The number of rotatable bonds is 6. The molecule has 1 fully saturated rings. The largest absolute Gasteiger partial charge is 0.348 e. The lowest BCUT2D eigenvalue weighted by Gasteiger charge is -2.17. The van der Waals surface area contributed by atoms with Crippen molar-refractivity contribution in [2.75, 3.05) is 11.4 Å². The molecule has 2 aromatic rings. The first kappa shape index (κ1) is 17.1. The van der Waals surface area contributed by atoms with Crippen molar-refractivity contribution in [2.45, 2.75) is 39.8 Å². The van der Waals surface area contributed by atoms with Gasteiger partial charge < -0.3 is 14.8 Å². The van der Waals surface area contributed by atoms with Crippen LogP contribution in [-0.4, -0.2) is 33.1 Å². The second-order valence-electron chi connectivity index (χ2n) is 6.18. The van der Waals surface area contributed by atoms with Gasteiger partial charge in [-0.3, -0.25) is 9.59 Å². The number of aryl methyl sites for hydroxylation is 2. The van der Waals surface area contributed by atoms with Crippen molar-refractivity contribution in [1.29, 1.82) is 0 Å². The molecule has 1 atom stereocenters. The summed E-state index contributed by atoms with van der Waals surface area (Å²) in [6.45, 7) is 5.57. The first-order chi connectivity index (χ1) is 12.1. The third-order valence-electron chi connectivity index (χ3n) is 4.61. The normalized spacial score (nSPS) is 17.1. The van der Waals surface area contributed by atoms with Crippen LogP contribution in [0.4, 0.5) is 5.69 Å². The highest BCUT2D eigenvalue weighted by Crippen LogP contribution is 2.25. The average Bonchev–Trinajstić information content (AvgIpc) is 3.26. The van der Waals surface area contributed by atoms with E-state index in [1.54, 1.807) is 11.2 Å². The van der Waals surface area contributed by atoms with E-state index in [2.05, 4.69) is 22.4 Å². The van der Waals surface area contributed by atoms with E-state index in [4.69, 9.17) is 0 Å². The van der Waals surface area contributed by atoms with Crippen LogP contribution in [0.5, 0.6) is 0 Å². The van der Waals surface area contributed by atoms with Crippen molar-refractivity contribution in [2.24, 2.45) is 5.92 Å². The number of nitrogens with zero attached hydrogens (tertiary/aromatic N) is 4. The molecule has 0 unspecified atom stereocenters. The molecule has 1 aliphatic heterocycles. The van der Waals surface area contributed by atoms with Crippen LogP contribution in [0.3, 0.4) is 0 Å². The average molecular weight is 341 g/mol. The molecule has 1 aromatic carbocycles. The molecule has 7 heteroatoms. The first-order valence-electron chi connectivity index (χ1n) is 8.66. The maximum atomic E-state index is 12.4. The van der Waals surface area contributed by atoms with Gasteiger partial charge in [0, 0.05) is 25.2 Å². The van der Waals surface area contributed by atoms with Crippen molar-refractivity contribution in [3.63, 3.8) is 0 Å². The summed E-state index contributed by atoms with van der Waals surface area (Å²) in [4.78, 5) is 26.4. The van der Waals surface area contributed by atoms with Crippen LogP contribution >= 0.6 is 0 Å². The highest BCUT2D eigenvalue weighted by Gasteiger charge is 2.35. The van der Waals surface area contributed by atoms with Crippen molar-refractivity contribution < 1.29 is 9.59 Å². The van der Waals surface area contributed by atoms with Crippen LogP contribution < -0.4 is 10.2 Å². The van der Waals surface area contributed by atoms with Gasteiger partial charge in [0.05, 0.1) is 12.5 Å². The molecule has 2 amide bonds. The second-order valence-corrected chi connectivity index (χ2v) is 6.18. The summed E-state index contributed by atoms with van der Waals surface area (Å²) in [5, 5.41) is 10.7. The minimum Gasteiger partial charge on any atom is -0.348 e. The number of nitrogens with one attached hydrogen (secondary N) is 1. The molecular formula is C18H23N5O2. The smallest absolute Gasteiger partial charge is 0.227 e. The lowest BCUT2D eigenvalue weighted by atomic mass is 10.1. The summed E-state index contributed by atoms with van der Waals surface area (Å²) >= 11 is 0. The number of hydrogen-bond donors (Lipinski definition) is 1. The van der Waals surface area contributed by atoms with E-state index in [9.17, 15) is 9.59 Å². The van der Waals surface area contributed by atoms with Gasteiger partial charge in [0.2, 0.25) is 11.8 Å². The fourth-order valence-corrected chi connectivity index (χ4v) is 3.03. The monoisotopic (exact) mass is 341 g/mol. The van der Waals surface area contributed by atoms with Gasteiger partial charge in [0.1, 0.15) is 6.33 Å². The Hall–Kier alpha value is -2.70. The fourth-order valence-electron chi connectivity index (χ4n) is 3.03. The quantitative estimate of drug-likeness (QED) is 0.864. The Kier molecular flexibility index (Phi) is 5.11. The molecule has 0 aliphatic carbocycles. The van der Waals surface area contributed by atoms with Crippen LogP contribution in [0.15, 0.2) is 30.6 Å². The molecule has 0 spiro atoms. The Morgan fingerprint density at radius 2 is 2.04 bits per heavy atom. The SMILES string of the molecule is CCc1ccc(N2C[C@@H](C(=O)NCc3nncn3CC)CC2=O)cc1.